The zero-order chi connectivity index (χ0) is 21.8. The van der Waals surface area contributed by atoms with Crippen molar-refractivity contribution in [3.8, 4) is 0 Å². The van der Waals surface area contributed by atoms with Crippen LogP contribution in [0.3, 0.4) is 0 Å². The van der Waals surface area contributed by atoms with Crippen LogP contribution in [0.15, 0.2) is 63.4 Å². The van der Waals surface area contributed by atoms with Crippen LogP contribution >= 0.6 is 0 Å². The summed E-state index contributed by atoms with van der Waals surface area (Å²) in [6.45, 7) is 1.59. The van der Waals surface area contributed by atoms with E-state index < -0.39 is 11.4 Å². The maximum atomic E-state index is 13.4. The molecule has 0 radical (unpaired) electrons. The molecule has 0 aliphatic carbocycles. The number of rotatable bonds is 4. The summed E-state index contributed by atoms with van der Waals surface area (Å²) < 4.78 is 13.4. The molecular formula is C23H22FN5O2. The largest absolute Gasteiger partial charge is 0.339 e. The van der Waals surface area contributed by atoms with Gasteiger partial charge in [0.25, 0.3) is 11.5 Å². The van der Waals surface area contributed by atoms with Crippen molar-refractivity contribution in [1.29, 1.82) is 0 Å². The number of aromatic nitrogens is 1. The van der Waals surface area contributed by atoms with Crippen molar-refractivity contribution >= 4 is 34.4 Å². The number of pyridine rings is 1. The fraction of sp³-hybridized carbons (Fsp3) is 0.217. The Balaban J connectivity index is 1.54. The number of likely N-dealkylation sites (tertiary alicyclic amines) is 1. The van der Waals surface area contributed by atoms with Crippen molar-refractivity contribution in [1.82, 2.24) is 9.88 Å². The standard InChI is InChI=1S/C23H22FN5O2/c24-17-7-4-16-12-19(22(30)27-20(16)13-17)21(28-25)14-26-18-8-5-15(6-9-18)23(31)29-10-2-1-3-11-29/h4-9,12-14H,1-3,10-11,25H2,(H,27,30). The van der Waals surface area contributed by atoms with Crippen molar-refractivity contribution in [3.05, 3.63) is 75.8 Å². The second kappa shape index (κ2) is 8.91. The number of aromatic amines is 1. The molecule has 1 fully saturated rings. The summed E-state index contributed by atoms with van der Waals surface area (Å²) in [5.74, 6) is 5.08. The third kappa shape index (κ3) is 4.53. The Hall–Kier alpha value is -3.81. The van der Waals surface area contributed by atoms with E-state index in [-0.39, 0.29) is 17.2 Å². The molecule has 2 heterocycles. The average molecular weight is 419 g/mol. The Morgan fingerprint density at radius 2 is 1.81 bits per heavy atom. The fourth-order valence-electron chi connectivity index (χ4n) is 3.64. The molecule has 8 heteroatoms. The van der Waals surface area contributed by atoms with Crippen molar-refractivity contribution in [2.45, 2.75) is 19.3 Å². The number of halogens is 1. The third-order valence-electron chi connectivity index (χ3n) is 5.32. The SMILES string of the molecule is NN=C(C=Nc1ccc(C(=O)N2CCCCC2)cc1)c1cc2ccc(F)cc2[nH]c1=O. The van der Waals surface area contributed by atoms with Crippen LogP contribution in [0.4, 0.5) is 10.1 Å². The number of hydrogen-bond acceptors (Lipinski definition) is 5. The van der Waals surface area contributed by atoms with Gasteiger partial charge >= 0.3 is 0 Å². The molecule has 1 aliphatic rings. The molecular weight excluding hydrogens is 397 g/mol. The Morgan fingerprint density at radius 1 is 1.06 bits per heavy atom. The first kappa shape index (κ1) is 20.5. The Kier molecular flexibility index (Phi) is 5.88. The van der Waals surface area contributed by atoms with Crippen molar-refractivity contribution in [2.75, 3.05) is 13.1 Å². The highest BCUT2D eigenvalue weighted by atomic mass is 19.1. The predicted octanol–water partition coefficient (Wildman–Crippen LogP) is 3.36. The third-order valence-corrected chi connectivity index (χ3v) is 5.32. The number of carbonyl (C=O) groups is 1. The lowest BCUT2D eigenvalue weighted by atomic mass is 10.1. The lowest BCUT2D eigenvalue weighted by Gasteiger charge is -2.26. The maximum absolute atomic E-state index is 13.4. The van der Waals surface area contributed by atoms with E-state index in [4.69, 9.17) is 5.84 Å². The van der Waals surface area contributed by atoms with Gasteiger partial charge in [0, 0.05) is 18.7 Å². The first-order chi connectivity index (χ1) is 15.0. The van der Waals surface area contributed by atoms with Gasteiger partial charge in [-0.3, -0.25) is 14.6 Å². The number of aliphatic imine (C=N–C) groups is 1. The zero-order valence-electron chi connectivity index (χ0n) is 16.8. The monoisotopic (exact) mass is 419 g/mol. The topological polar surface area (TPSA) is 104 Å². The number of amides is 1. The van der Waals surface area contributed by atoms with Gasteiger partial charge in [0.2, 0.25) is 0 Å². The molecule has 31 heavy (non-hydrogen) atoms. The van der Waals surface area contributed by atoms with Gasteiger partial charge in [-0.15, -0.1) is 0 Å². The fourth-order valence-corrected chi connectivity index (χ4v) is 3.64. The van der Waals surface area contributed by atoms with Crippen LogP contribution in [0, 0.1) is 5.82 Å². The van der Waals surface area contributed by atoms with E-state index in [1.807, 2.05) is 4.90 Å². The number of nitrogens with two attached hydrogens (primary N) is 1. The van der Waals surface area contributed by atoms with Gasteiger partial charge in [-0.1, -0.05) is 0 Å². The van der Waals surface area contributed by atoms with E-state index in [9.17, 15) is 14.0 Å². The molecule has 7 nitrogen and oxygen atoms in total. The number of benzene rings is 2. The van der Waals surface area contributed by atoms with Gasteiger partial charge in [0.1, 0.15) is 11.5 Å². The number of hydrogen-bond donors (Lipinski definition) is 2. The number of nitrogens with one attached hydrogen (secondary N) is 1. The van der Waals surface area contributed by atoms with E-state index >= 15 is 0 Å². The van der Waals surface area contributed by atoms with Crippen LogP contribution < -0.4 is 11.4 Å². The lowest BCUT2D eigenvalue weighted by molar-refractivity contribution is 0.0724. The first-order valence-electron chi connectivity index (χ1n) is 10.1. The van der Waals surface area contributed by atoms with Crippen LogP contribution in [0.1, 0.15) is 35.2 Å². The average Bonchev–Trinajstić information content (AvgIpc) is 2.80. The summed E-state index contributed by atoms with van der Waals surface area (Å²) in [7, 11) is 0. The van der Waals surface area contributed by atoms with E-state index in [1.54, 1.807) is 36.4 Å². The Bertz CT molecular complexity index is 1220. The molecule has 1 aromatic heterocycles. The molecule has 0 saturated carbocycles. The highest BCUT2D eigenvalue weighted by Crippen LogP contribution is 2.17. The molecule has 3 aromatic rings. The molecule has 3 N–H and O–H groups in total. The molecule has 0 bridgehead atoms. The number of nitrogens with zero attached hydrogens (tertiary/aromatic N) is 3. The summed E-state index contributed by atoms with van der Waals surface area (Å²) >= 11 is 0. The number of fused-ring (bicyclic) bond motifs is 1. The maximum Gasteiger partial charge on any atom is 0.258 e. The molecule has 0 spiro atoms. The second-order valence-electron chi connectivity index (χ2n) is 7.42. The summed E-state index contributed by atoms with van der Waals surface area (Å²) in [5, 5.41) is 4.32. The predicted molar refractivity (Wildman–Crippen MR) is 120 cm³/mol. The molecule has 158 valence electrons. The molecule has 0 unspecified atom stereocenters. The zero-order valence-corrected chi connectivity index (χ0v) is 16.8. The van der Waals surface area contributed by atoms with Gasteiger partial charge in [-0.05, 0) is 73.2 Å². The molecule has 1 saturated heterocycles. The molecule has 1 aliphatic heterocycles. The number of piperidine rings is 1. The van der Waals surface area contributed by atoms with E-state index in [1.165, 1.54) is 24.8 Å². The highest BCUT2D eigenvalue weighted by molar-refractivity contribution is 6.38. The normalized spacial score (nSPS) is 15.0. The molecule has 4 rings (SSSR count). The van der Waals surface area contributed by atoms with Gasteiger partial charge in [-0.25, -0.2) is 4.39 Å². The van der Waals surface area contributed by atoms with Crippen LogP contribution in [0.5, 0.6) is 0 Å². The van der Waals surface area contributed by atoms with Gasteiger partial charge < -0.3 is 15.7 Å². The Labute approximate surface area is 178 Å². The smallest absolute Gasteiger partial charge is 0.258 e. The van der Waals surface area contributed by atoms with Gasteiger partial charge in [-0.2, -0.15) is 5.10 Å². The van der Waals surface area contributed by atoms with E-state index in [0.29, 0.717) is 22.2 Å². The van der Waals surface area contributed by atoms with Crippen molar-refractivity contribution in [2.24, 2.45) is 15.9 Å². The lowest BCUT2D eigenvalue weighted by Crippen LogP contribution is -2.35. The second-order valence-corrected chi connectivity index (χ2v) is 7.42. The first-order valence-corrected chi connectivity index (χ1v) is 10.1. The quantitative estimate of drug-likeness (QED) is 0.385. The van der Waals surface area contributed by atoms with Crippen LogP contribution in [0.2, 0.25) is 0 Å². The van der Waals surface area contributed by atoms with E-state index in [0.717, 1.165) is 25.9 Å². The van der Waals surface area contributed by atoms with E-state index in [2.05, 4.69) is 15.1 Å². The minimum absolute atomic E-state index is 0.0265. The van der Waals surface area contributed by atoms with Gasteiger partial charge in [0.15, 0.2) is 0 Å². The summed E-state index contributed by atoms with van der Waals surface area (Å²) in [5.41, 5.74) is 1.55. The summed E-state index contributed by atoms with van der Waals surface area (Å²) in [6, 6.07) is 12.6. The number of H-pyrrole nitrogens is 1. The minimum atomic E-state index is -0.448. The van der Waals surface area contributed by atoms with Crippen LogP contribution in [-0.4, -0.2) is 40.8 Å². The highest BCUT2D eigenvalue weighted by Gasteiger charge is 2.17. The van der Waals surface area contributed by atoms with Crippen molar-refractivity contribution < 1.29 is 9.18 Å². The van der Waals surface area contributed by atoms with Crippen molar-refractivity contribution in [3.63, 3.8) is 0 Å². The number of carbonyl (C=O) groups excluding carboxylic acids is 1. The van der Waals surface area contributed by atoms with Crippen LogP contribution in [0.25, 0.3) is 10.9 Å². The molecule has 1 amide bonds. The summed E-state index contributed by atoms with van der Waals surface area (Å²) in [4.78, 5) is 33.8. The molecule has 0 atom stereocenters. The van der Waals surface area contributed by atoms with Gasteiger partial charge in [0.05, 0.1) is 23.0 Å². The number of hydrazone groups is 1. The molecule has 2 aromatic carbocycles. The summed E-state index contributed by atoms with van der Waals surface area (Å²) in [6.07, 6.45) is 4.64. The Morgan fingerprint density at radius 3 is 2.52 bits per heavy atom. The minimum Gasteiger partial charge on any atom is -0.339 e. The van der Waals surface area contributed by atoms with Crippen LogP contribution in [-0.2, 0) is 0 Å².